The summed E-state index contributed by atoms with van der Waals surface area (Å²) >= 11 is 12.6. The number of fused-ring (bicyclic) bond motifs is 1. The molecule has 2 aromatic rings. The predicted octanol–water partition coefficient (Wildman–Crippen LogP) is 4.96. The van der Waals surface area contributed by atoms with Gasteiger partial charge in [-0.2, -0.15) is 0 Å². The van der Waals surface area contributed by atoms with Crippen LogP contribution in [0.4, 0.5) is 0 Å². The van der Waals surface area contributed by atoms with E-state index in [1.54, 1.807) is 0 Å². The van der Waals surface area contributed by atoms with Crippen molar-refractivity contribution in [3.63, 3.8) is 0 Å². The molecule has 0 radical (unpaired) electrons. The van der Waals surface area contributed by atoms with Gasteiger partial charge in [-0.3, -0.25) is 4.90 Å². The summed E-state index contributed by atoms with van der Waals surface area (Å²) in [6.45, 7) is 3.13. The van der Waals surface area contributed by atoms with Crippen LogP contribution in [-0.2, 0) is 6.54 Å². The number of halogens is 2. The lowest BCUT2D eigenvalue weighted by Crippen LogP contribution is -2.39. The van der Waals surface area contributed by atoms with Crippen molar-refractivity contribution in [3.8, 4) is 0 Å². The van der Waals surface area contributed by atoms with Gasteiger partial charge in [-0.15, -0.1) is 0 Å². The molecule has 1 aliphatic rings. The number of hydrogen-bond acceptors (Lipinski definition) is 1. The van der Waals surface area contributed by atoms with Crippen LogP contribution in [0, 0.1) is 0 Å². The van der Waals surface area contributed by atoms with E-state index in [2.05, 4.69) is 49.2 Å². The molecular weight excluding hydrogens is 289 g/mol. The predicted molar refractivity (Wildman–Crippen MR) is 85.7 cm³/mol. The lowest BCUT2D eigenvalue weighted by Gasteiger charge is -2.39. The molecule has 1 nitrogen and oxygen atoms in total. The summed E-state index contributed by atoms with van der Waals surface area (Å²) in [7, 11) is 2.15. The maximum atomic E-state index is 6.40. The number of likely N-dealkylation sites (N-methyl/N-ethyl adjacent to an activating group) is 1. The van der Waals surface area contributed by atoms with Gasteiger partial charge in [0.25, 0.3) is 0 Å². The van der Waals surface area contributed by atoms with Gasteiger partial charge in [0, 0.05) is 28.5 Å². The highest BCUT2D eigenvalue weighted by atomic mass is 35.5. The fraction of sp³-hybridized carbons (Fsp3) is 0.294. The van der Waals surface area contributed by atoms with E-state index in [0.717, 1.165) is 11.6 Å². The molecule has 0 saturated heterocycles. The van der Waals surface area contributed by atoms with Crippen molar-refractivity contribution in [1.82, 2.24) is 4.90 Å². The largest absolute Gasteiger partial charge is 0.298 e. The molecule has 0 spiro atoms. The van der Waals surface area contributed by atoms with Gasteiger partial charge < -0.3 is 0 Å². The van der Waals surface area contributed by atoms with Crippen molar-refractivity contribution < 1.29 is 0 Å². The Morgan fingerprint density at radius 2 is 1.80 bits per heavy atom. The molecular formula is C17H17Cl2N. The summed E-state index contributed by atoms with van der Waals surface area (Å²) in [4.78, 5) is 2.35. The quantitative estimate of drug-likeness (QED) is 0.720. The van der Waals surface area contributed by atoms with Crippen LogP contribution < -0.4 is 0 Å². The highest BCUT2D eigenvalue weighted by Crippen LogP contribution is 2.41. The molecule has 1 heterocycles. The van der Waals surface area contributed by atoms with Gasteiger partial charge in [0.2, 0.25) is 0 Å². The monoisotopic (exact) mass is 305 g/mol. The Labute approximate surface area is 130 Å². The Kier molecular flexibility index (Phi) is 3.76. The first-order chi connectivity index (χ1) is 9.58. The summed E-state index contributed by atoms with van der Waals surface area (Å²) in [6, 6.07) is 14.9. The highest BCUT2D eigenvalue weighted by Gasteiger charge is 2.32. The molecule has 20 heavy (non-hydrogen) atoms. The van der Waals surface area contributed by atoms with Crippen LogP contribution in [0.25, 0.3) is 0 Å². The van der Waals surface area contributed by atoms with E-state index in [0.29, 0.717) is 17.0 Å². The zero-order valence-corrected chi connectivity index (χ0v) is 13.1. The van der Waals surface area contributed by atoms with Crippen molar-refractivity contribution in [2.45, 2.75) is 25.4 Å². The molecule has 0 aliphatic carbocycles. The third kappa shape index (κ3) is 2.35. The van der Waals surface area contributed by atoms with Crippen LogP contribution in [0.1, 0.15) is 29.5 Å². The maximum Gasteiger partial charge on any atom is 0.0468 e. The highest BCUT2D eigenvalue weighted by molar-refractivity contribution is 6.35. The first-order valence-corrected chi connectivity index (χ1v) is 7.56. The zero-order chi connectivity index (χ0) is 14.3. The molecule has 3 heteroatoms. The van der Waals surface area contributed by atoms with E-state index in [-0.39, 0.29) is 0 Å². The first kappa shape index (κ1) is 13.9. The van der Waals surface area contributed by atoms with Crippen molar-refractivity contribution in [3.05, 3.63) is 69.2 Å². The average Bonchev–Trinajstić information content (AvgIpc) is 2.42. The molecule has 2 atom stereocenters. The molecule has 0 bridgehead atoms. The van der Waals surface area contributed by atoms with Gasteiger partial charge in [-0.05, 0) is 42.8 Å². The van der Waals surface area contributed by atoms with E-state index in [9.17, 15) is 0 Å². The van der Waals surface area contributed by atoms with Crippen LogP contribution in [-0.4, -0.2) is 18.0 Å². The van der Waals surface area contributed by atoms with Gasteiger partial charge in [0.05, 0.1) is 0 Å². The van der Waals surface area contributed by atoms with Crippen LogP contribution in [0.3, 0.4) is 0 Å². The minimum atomic E-state index is 0.307. The van der Waals surface area contributed by atoms with Crippen molar-refractivity contribution in [2.24, 2.45) is 0 Å². The summed E-state index contributed by atoms with van der Waals surface area (Å²) in [5.41, 5.74) is 3.77. The normalized spacial score (nSPS) is 22.6. The number of hydrogen-bond donors (Lipinski definition) is 0. The molecule has 1 aliphatic heterocycles. The van der Waals surface area contributed by atoms with E-state index in [4.69, 9.17) is 23.2 Å². The van der Waals surface area contributed by atoms with Gasteiger partial charge in [0.1, 0.15) is 0 Å². The van der Waals surface area contributed by atoms with Gasteiger partial charge in [0.15, 0.2) is 0 Å². The Morgan fingerprint density at radius 3 is 2.50 bits per heavy atom. The Hall–Kier alpha value is -1.02. The van der Waals surface area contributed by atoms with Gasteiger partial charge in [-0.1, -0.05) is 53.5 Å². The second kappa shape index (κ2) is 5.40. The van der Waals surface area contributed by atoms with E-state index in [1.165, 1.54) is 16.7 Å². The zero-order valence-electron chi connectivity index (χ0n) is 11.6. The topological polar surface area (TPSA) is 3.24 Å². The third-order valence-electron chi connectivity index (χ3n) is 4.27. The van der Waals surface area contributed by atoms with Crippen LogP contribution >= 0.6 is 23.2 Å². The molecule has 0 amide bonds. The lowest BCUT2D eigenvalue weighted by atomic mass is 9.80. The Balaban J connectivity index is 2.20. The van der Waals surface area contributed by atoms with Crippen molar-refractivity contribution >= 4 is 23.2 Å². The summed E-state index contributed by atoms with van der Waals surface area (Å²) in [6.07, 6.45) is 0. The number of nitrogens with zero attached hydrogens (tertiary/aromatic N) is 1. The van der Waals surface area contributed by atoms with Crippen molar-refractivity contribution in [1.29, 1.82) is 0 Å². The molecule has 0 aromatic heterocycles. The molecule has 0 fully saturated rings. The minimum Gasteiger partial charge on any atom is -0.298 e. The smallest absolute Gasteiger partial charge is 0.0468 e. The molecule has 2 aromatic carbocycles. The minimum absolute atomic E-state index is 0.307. The lowest BCUT2D eigenvalue weighted by molar-refractivity contribution is 0.212. The fourth-order valence-corrected chi connectivity index (χ4v) is 3.66. The van der Waals surface area contributed by atoms with Gasteiger partial charge >= 0.3 is 0 Å². The van der Waals surface area contributed by atoms with E-state index < -0.39 is 0 Å². The van der Waals surface area contributed by atoms with E-state index in [1.807, 2.05) is 12.1 Å². The first-order valence-electron chi connectivity index (χ1n) is 6.81. The summed E-state index contributed by atoms with van der Waals surface area (Å²) in [5.74, 6) is 0.307. The summed E-state index contributed by atoms with van der Waals surface area (Å²) in [5, 5.41) is 1.48. The fourth-order valence-electron chi connectivity index (χ4n) is 3.09. The Bertz CT molecular complexity index is 624. The Morgan fingerprint density at radius 1 is 1.10 bits per heavy atom. The van der Waals surface area contributed by atoms with E-state index >= 15 is 0 Å². The molecule has 0 saturated carbocycles. The number of benzene rings is 2. The standard InChI is InChI=1S/C17H17Cl2N/c1-11-17(12-6-4-3-5-7-12)14-8-13(18)9-16(19)15(14)10-20(11)2/h3-9,11,17H,10H2,1-2H3. The molecule has 104 valence electrons. The maximum absolute atomic E-state index is 6.40. The molecule has 3 rings (SSSR count). The second-order valence-electron chi connectivity index (χ2n) is 5.50. The molecule has 2 unspecified atom stereocenters. The summed E-state index contributed by atoms with van der Waals surface area (Å²) < 4.78 is 0. The third-order valence-corrected chi connectivity index (χ3v) is 4.83. The SMILES string of the molecule is CC1C(c2ccccc2)c2cc(Cl)cc(Cl)c2CN1C. The number of rotatable bonds is 1. The molecule has 0 N–H and O–H groups in total. The average molecular weight is 306 g/mol. The van der Waals surface area contributed by atoms with Crippen LogP contribution in [0.15, 0.2) is 42.5 Å². The van der Waals surface area contributed by atoms with Crippen molar-refractivity contribution in [2.75, 3.05) is 7.05 Å². The van der Waals surface area contributed by atoms with Gasteiger partial charge in [-0.25, -0.2) is 0 Å². The van der Waals surface area contributed by atoms with Crippen LogP contribution in [0.2, 0.25) is 10.0 Å². The second-order valence-corrected chi connectivity index (χ2v) is 6.34. The van der Waals surface area contributed by atoms with Crippen LogP contribution in [0.5, 0.6) is 0 Å².